The molecule has 0 saturated carbocycles. The van der Waals surface area contributed by atoms with E-state index in [0.29, 0.717) is 16.8 Å². The number of pyridine rings is 2. The van der Waals surface area contributed by atoms with Crippen molar-refractivity contribution in [3.63, 3.8) is 0 Å². The topological polar surface area (TPSA) is 25.8 Å². The Hall–Kier alpha value is -4.54. The number of rotatable bonds is 6. The van der Waals surface area contributed by atoms with E-state index < -0.39 is 14.4 Å². The van der Waals surface area contributed by atoms with Crippen LogP contribution in [-0.4, -0.2) is 18.0 Å². The quantitative estimate of drug-likeness (QED) is 0.124. The Morgan fingerprint density at radius 1 is 0.723 bits per heavy atom. The Balaban J connectivity index is 0.000000221. The van der Waals surface area contributed by atoms with E-state index in [-0.39, 0.29) is 25.9 Å². The van der Waals surface area contributed by atoms with E-state index in [1.165, 1.54) is 17.3 Å². The molecule has 7 rings (SSSR count). The minimum atomic E-state index is -1.69. The van der Waals surface area contributed by atoms with Crippen LogP contribution in [0, 0.1) is 17.9 Å². The van der Waals surface area contributed by atoms with Crippen LogP contribution in [0.25, 0.3) is 44.4 Å². The van der Waals surface area contributed by atoms with Crippen LogP contribution in [0.1, 0.15) is 13.9 Å². The molecule has 0 saturated heterocycles. The molecule has 0 aliphatic carbocycles. The van der Waals surface area contributed by atoms with Gasteiger partial charge < -0.3 is 9.97 Å². The van der Waals surface area contributed by atoms with Crippen LogP contribution in [0.2, 0.25) is 19.6 Å². The Kier molecular flexibility index (Phi) is 10.2. The Bertz CT molecular complexity index is 2130. The van der Waals surface area contributed by atoms with Crippen LogP contribution in [0.5, 0.6) is 0 Å². The summed E-state index contributed by atoms with van der Waals surface area (Å²) in [4.78, 5) is 9.17. The number of nitrogens with zero attached hydrogens (tertiary/aromatic N) is 2. The van der Waals surface area contributed by atoms with Gasteiger partial charge in [0, 0.05) is 46.6 Å². The normalized spacial score (nSPS) is 11.8. The number of hydrogen-bond donors (Lipinski definition) is 0. The maximum Gasteiger partial charge on any atom is 0.0795 e. The van der Waals surface area contributed by atoms with Gasteiger partial charge in [-0.1, -0.05) is 128 Å². The molecule has 0 fully saturated rings. The van der Waals surface area contributed by atoms with Gasteiger partial charge in [-0.2, -0.15) is 0 Å². The van der Waals surface area contributed by atoms with E-state index in [4.69, 9.17) is 7.73 Å². The van der Waals surface area contributed by atoms with Crippen molar-refractivity contribution in [1.82, 2.24) is 9.97 Å². The fourth-order valence-electron chi connectivity index (χ4n) is 5.16. The molecule has 2 heterocycles. The van der Waals surface area contributed by atoms with Gasteiger partial charge in [-0.15, -0.1) is 59.0 Å². The molecule has 0 aliphatic rings. The summed E-state index contributed by atoms with van der Waals surface area (Å²) in [5.74, 6) is -0.271. The van der Waals surface area contributed by atoms with Gasteiger partial charge in [0.25, 0.3) is 0 Å². The smallest absolute Gasteiger partial charge is 0.0795 e. The van der Waals surface area contributed by atoms with E-state index in [1.807, 2.05) is 103 Å². The summed E-state index contributed by atoms with van der Waals surface area (Å²) in [6.45, 7) is 6.86. The third-order valence-corrected chi connectivity index (χ3v) is 9.73. The molecule has 7 aromatic rings. The Morgan fingerprint density at radius 2 is 1.43 bits per heavy atom. The van der Waals surface area contributed by atoms with Crippen molar-refractivity contribution in [2.45, 2.75) is 26.0 Å². The molecule has 5 heteroatoms. The largest absolute Gasteiger partial charge is 0.305 e. The zero-order valence-electron chi connectivity index (χ0n) is 28.5. The van der Waals surface area contributed by atoms with E-state index in [2.05, 4.69) is 55.0 Å². The molecule has 0 bridgehead atoms. The second-order valence-electron chi connectivity index (χ2n) is 12.0. The first-order valence-corrected chi connectivity index (χ1v) is 18.8. The molecule has 1 radical (unpaired) electrons. The van der Waals surface area contributed by atoms with Crippen LogP contribution in [0.3, 0.4) is 0 Å². The Morgan fingerprint density at radius 3 is 2.11 bits per heavy atom. The molecule has 0 spiro atoms. The molecular formula is C42H35FIrN2Si-2. The summed E-state index contributed by atoms with van der Waals surface area (Å²) >= 11 is 0. The van der Waals surface area contributed by atoms with Crippen molar-refractivity contribution in [1.29, 1.82) is 0 Å². The zero-order chi connectivity index (χ0) is 33.7. The molecule has 0 aliphatic heterocycles. The maximum absolute atomic E-state index is 12.8. The second kappa shape index (κ2) is 15.4. The molecule has 0 unspecified atom stereocenters. The van der Waals surface area contributed by atoms with Crippen molar-refractivity contribution in [3.05, 3.63) is 175 Å². The average molecular weight is 809 g/mol. The molecular weight excluding hydrogens is 772 g/mol. The number of halogens is 1. The summed E-state index contributed by atoms with van der Waals surface area (Å²) in [6, 6.07) is 47.9. The molecule has 47 heavy (non-hydrogen) atoms. The first-order chi connectivity index (χ1) is 23.1. The third kappa shape index (κ3) is 8.44. The van der Waals surface area contributed by atoms with Crippen LogP contribution >= 0.6 is 0 Å². The standard InChI is InChI=1S/C28H20N.C14H15FNSi.Ir/c1-3-10-21(11-4-1)18-24-19-28(29-20-27(24)23-12-5-2-6-13-23)26-17-9-15-22-14-7-8-16-25(22)26;1-17(2,3)13-8-9-14(16-10-13)11-4-6-12(15)7-5-11;/h1-16,19-20H,18H2;4,6-10H,1-3H3;/q2*-1;/i18D2;;. The van der Waals surface area contributed by atoms with Gasteiger partial charge in [0.15, 0.2) is 0 Å². The summed E-state index contributed by atoms with van der Waals surface area (Å²) in [6.07, 6.45) is 2.03. The summed E-state index contributed by atoms with van der Waals surface area (Å²) in [5.41, 5.74) is 6.20. The first-order valence-electron chi connectivity index (χ1n) is 16.3. The summed E-state index contributed by atoms with van der Waals surface area (Å²) in [5, 5.41) is 3.48. The number of fused-ring (bicyclic) bond motifs is 1. The molecule has 235 valence electrons. The second-order valence-corrected chi connectivity index (χ2v) is 17.1. The monoisotopic (exact) mass is 809 g/mol. The molecule has 0 atom stereocenters. The van der Waals surface area contributed by atoms with Gasteiger partial charge >= 0.3 is 0 Å². The Labute approximate surface area is 294 Å². The van der Waals surface area contributed by atoms with Crippen LogP contribution in [0.4, 0.5) is 4.39 Å². The SMILES string of the molecule is C[Si](C)(C)c1ccc(-c2[c-]cc(F)cc2)nc1.[2H]C([2H])(c1ccccc1)c1cc(-c2[c-]ccc3ccccc23)ncc1-c1ccccc1.[Ir]. The van der Waals surface area contributed by atoms with E-state index in [1.54, 1.807) is 12.3 Å². The van der Waals surface area contributed by atoms with Crippen molar-refractivity contribution in [2.24, 2.45) is 0 Å². The number of benzene rings is 5. The van der Waals surface area contributed by atoms with Crippen molar-refractivity contribution >= 4 is 24.0 Å². The van der Waals surface area contributed by atoms with Crippen molar-refractivity contribution < 1.29 is 27.2 Å². The summed E-state index contributed by atoms with van der Waals surface area (Å²) in [7, 11) is -1.30. The minimum Gasteiger partial charge on any atom is -0.305 e. The molecule has 0 N–H and O–H groups in total. The summed E-state index contributed by atoms with van der Waals surface area (Å²) < 4.78 is 30.9. The van der Waals surface area contributed by atoms with Gasteiger partial charge in [0.1, 0.15) is 0 Å². The van der Waals surface area contributed by atoms with E-state index in [0.717, 1.165) is 38.7 Å². The van der Waals surface area contributed by atoms with Gasteiger partial charge in [0.05, 0.1) is 8.07 Å². The molecule has 2 aromatic heterocycles. The van der Waals surface area contributed by atoms with Crippen LogP contribution in [-0.2, 0) is 26.5 Å². The fourth-order valence-corrected chi connectivity index (χ4v) is 6.19. The first kappa shape index (κ1) is 31.1. The van der Waals surface area contributed by atoms with Crippen LogP contribution < -0.4 is 5.19 Å². The predicted molar refractivity (Wildman–Crippen MR) is 192 cm³/mol. The molecule has 0 amide bonds. The predicted octanol–water partition coefficient (Wildman–Crippen LogP) is 10.2. The molecule has 5 aromatic carbocycles. The van der Waals surface area contributed by atoms with Crippen LogP contribution in [0.15, 0.2) is 146 Å². The maximum atomic E-state index is 12.8. The van der Waals surface area contributed by atoms with Gasteiger partial charge in [-0.25, -0.2) is 0 Å². The fraction of sp³-hybridized carbons (Fsp3) is 0.0952. The number of hydrogen-bond acceptors (Lipinski definition) is 2. The van der Waals surface area contributed by atoms with E-state index in [9.17, 15) is 4.39 Å². The van der Waals surface area contributed by atoms with Crippen molar-refractivity contribution in [3.8, 4) is 33.6 Å². The molecule has 2 nitrogen and oxygen atoms in total. The zero-order valence-corrected chi connectivity index (χ0v) is 29.9. The van der Waals surface area contributed by atoms with Gasteiger partial charge in [-0.05, 0) is 39.6 Å². The minimum absolute atomic E-state index is 0. The van der Waals surface area contributed by atoms with Gasteiger partial charge in [0.2, 0.25) is 0 Å². The average Bonchev–Trinajstić information content (AvgIpc) is 3.12. The third-order valence-electron chi connectivity index (χ3n) is 7.70. The van der Waals surface area contributed by atoms with Gasteiger partial charge in [-0.3, -0.25) is 4.39 Å². The van der Waals surface area contributed by atoms with Crippen molar-refractivity contribution in [2.75, 3.05) is 0 Å². The number of aromatic nitrogens is 2. The van der Waals surface area contributed by atoms with E-state index >= 15 is 0 Å².